The Morgan fingerprint density at radius 1 is 1.30 bits per heavy atom. The first-order chi connectivity index (χ1) is 11.1. The lowest BCUT2D eigenvalue weighted by Crippen LogP contribution is -2.24. The van der Waals surface area contributed by atoms with Gasteiger partial charge in [-0.05, 0) is 31.0 Å². The van der Waals surface area contributed by atoms with E-state index in [2.05, 4.69) is 27.8 Å². The summed E-state index contributed by atoms with van der Waals surface area (Å²) in [6.07, 6.45) is 0.827. The highest BCUT2D eigenvalue weighted by Gasteiger charge is 2.19. The zero-order valence-electron chi connectivity index (χ0n) is 12.9. The van der Waals surface area contributed by atoms with E-state index in [4.69, 9.17) is 0 Å². The molecule has 0 saturated carbocycles. The summed E-state index contributed by atoms with van der Waals surface area (Å²) < 4.78 is 15.2. The van der Waals surface area contributed by atoms with Crippen molar-refractivity contribution in [2.24, 2.45) is 0 Å². The van der Waals surface area contributed by atoms with Crippen molar-refractivity contribution in [1.82, 2.24) is 9.55 Å². The standard InChI is InChI=1S/C17H16BrFN2OS/c1-3-13-14(11-4-6-12(18)7-5-11)15-16(23-13)20-10(2)21(9-8-19)17(15)22/h4-7H,3,8-9H2,1-2H3. The molecule has 2 heterocycles. The van der Waals surface area contributed by atoms with Crippen molar-refractivity contribution in [3.05, 3.63) is 49.8 Å². The van der Waals surface area contributed by atoms with Crippen LogP contribution in [0.4, 0.5) is 4.39 Å². The molecule has 3 rings (SSSR count). The number of hydrogen-bond acceptors (Lipinski definition) is 3. The van der Waals surface area contributed by atoms with Gasteiger partial charge >= 0.3 is 0 Å². The van der Waals surface area contributed by atoms with Crippen LogP contribution >= 0.6 is 27.3 Å². The van der Waals surface area contributed by atoms with Crippen molar-refractivity contribution in [3.63, 3.8) is 0 Å². The van der Waals surface area contributed by atoms with Gasteiger partial charge in [0.05, 0.1) is 11.9 Å². The zero-order chi connectivity index (χ0) is 16.6. The van der Waals surface area contributed by atoms with E-state index in [0.717, 1.165) is 31.7 Å². The van der Waals surface area contributed by atoms with Crippen LogP contribution in [0.2, 0.25) is 0 Å². The lowest BCUT2D eigenvalue weighted by atomic mass is 10.0. The Labute approximate surface area is 145 Å². The Bertz CT molecular complexity index is 915. The van der Waals surface area contributed by atoms with Gasteiger partial charge in [-0.15, -0.1) is 11.3 Å². The maximum atomic E-state index is 12.9. The average molecular weight is 395 g/mol. The van der Waals surface area contributed by atoms with Crippen LogP contribution in [0.5, 0.6) is 0 Å². The normalized spacial score (nSPS) is 11.3. The van der Waals surface area contributed by atoms with Crippen LogP contribution in [-0.4, -0.2) is 16.2 Å². The van der Waals surface area contributed by atoms with E-state index in [1.54, 1.807) is 18.3 Å². The van der Waals surface area contributed by atoms with Gasteiger partial charge in [-0.3, -0.25) is 9.36 Å². The predicted molar refractivity (Wildman–Crippen MR) is 97.1 cm³/mol. The Hall–Kier alpha value is -1.53. The molecule has 0 spiro atoms. The number of alkyl halides is 1. The number of aryl methyl sites for hydroxylation is 2. The van der Waals surface area contributed by atoms with E-state index >= 15 is 0 Å². The number of hydrogen-bond donors (Lipinski definition) is 0. The highest BCUT2D eigenvalue weighted by atomic mass is 79.9. The molecular formula is C17H16BrFN2OS. The molecule has 0 bridgehead atoms. The van der Waals surface area contributed by atoms with Gasteiger partial charge in [-0.1, -0.05) is 35.0 Å². The Balaban J connectivity index is 2.37. The van der Waals surface area contributed by atoms with Gasteiger partial charge in [-0.2, -0.15) is 0 Å². The van der Waals surface area contributed by atoms with E-state index in [0.29, 0.717) is 11.2 Å². The molecule has 3 aromatic rings. The van der Waals surface area contributed by atoms with E-state index in [-0.39, 0.29) is 12.1 Å². The summed E-state index contributed by atoms with van der Waals surface area (Å²) in [4.78, 5) is 19.3. The third kappa shape index (κ3) is 2.85. The molecule has 0 aliphatic heterocycles. The van der Waals surface area contributed by atoms with Crippen molar-refractivity contribution < 1.29 is 4.39 Å². The van der Waals surface area contributed by atoms with E-state index in [1.165, 1.54) is 4.57 Å². The maximum absolute atomic E-state index is 12.9. The molecule has 3 nitrogen and oxygen atoms in total. The second-order valence-electron chi connectivity index (χ2n) is 5.25. The van der Waals surface area contributed by atoms with Crippen molar-refractivity contribution in [2.45, 2.75) is 26.8 Å². The average Bonchev–Trinajstić information content (AvgIpc) is 2.90. The second-order valence-corrected chi connectivity index (χ2v) is 7.24. The summed E-state index contributed by atoms with van der Waals surface area (Å²) in [7, 11) is 0. The molecule has 0 N–H and O–H groups in total. The molecule has 2 aromatic heterocycles. The molecule has 1 aromatic carbocycles. The molecule has 0 amide bonds. The molecule has 120 valence electrons. The molecule has 0 aliphatic rings. The van der Waals surface area contributed by atoms with Crippen LogP contribution < -0.4 is 5.56 Å². The molecule has 0 fully saturated rings. The Morgan fingerprint density at radius 2 is 2.00 bits per heavy atom. The summed E-state index contributed by atoms with van der Waals surface area (Å²) in [5.41, 5.74) is 1.77. The maximum Gasteiger partial charge on any atom is 0.262 e. The highest BCUT2D eigenvalue weighted by molar-refractivity contribution is 9.10. The third-order valence-corrected chi connectivity index (χ3v) is 5.59. The summed E-state index contributed by atoms with van der Waals surface area (Å²) in [6.45, 7) is 3.29. The molecule has 0 radical (unpaired) electrons. The SMILES string of the molecule is CCc1sc2nc(C)n(CCF)c(=O)c2c1-c1ccc(Br)cc1. The minimum atomic E-state index is -0.577. The fraction of sp³-hybridized carbons (Fsp3) is 0.294. The van der Waals surface area contributed by atoms with Crippen LogP contribution in [0.1, 0.15) is 17.6 Å². The zero-order valence-corrected chi connectivity index (χ0v) is 15.3. The fourth-order valence-electron chi connectivity index (χ4n) is 2.75. The summed E-state index contributed by atoms with van der Waals surface area (Å²) >= 11 is 4.98. The number of rotatable bonds is 4. The molecule has 23 heavy (non-hydrogen) atoms. The van der Waals surface area contributed by atoms with Gasteiger partial charge in [0.1, 0.15) is 17.3 Å². The first-order valence-corrected chi connectivity index (χ1v) is 9.02. The van der Waals surface area contributed by atoms with E-state index < -0.39 is 6.67 Å². The van der Waals surface area contributed by atoms with Crippen molar-refractivity contribution >= 4 is 37.5 Å². The van der Waals surface area contributed by atoms with Gasteiger partial charge < -0.3 is 0 Å². The van der Waals surface area contributed by atoms with Crippen molar-refractivity contribution in [2.75, 3.05) is 6.67 Å². The number of nitrogens with zero attached hydrogens (tertiary/aromatic N) is 2. The molecule has 6 heteroatoms. The second kappa shape index (κ2) is 6.53. The third-order valence-electron chi connectivity index (χ3n) is 3.84. The van der Waals surface area contributed by atoms with Crippen molar-refractivity contribution in [1.29, 1.82) is 0 Å². The minimum Gasteiger partial charge on any atom is -0.294 e. The van der Waals surface area contributed by atoms with E-state index in [9.17, 15) is 9.18 Å². The lowest BCUT2D eigenvalue weighted by molar-refractivity contribution is 0.435. The molecule has 0 atom stereocenters. The minimum absolute atomic E-state index is 0.0463. The van der Waals surface area contributed by atoms with Gasteiger partial charge in [0, 0.05) is 14.9 Å². The van der Waals surface area contributed by atoms with Crippen LogP contribution in [-0.2, 0) is 13.0 Å². The van der Waals surface area contributed by atoms with Crippen LogP contribution in [0.15, 0.2) is 33.5 Å². The van der Waals surface area contributed by atoms with Crippen LogP contribution in [0.3, 0.4) is 0 Å². The number of fused-ring (bicyclic) bond motifs is 1. The Kier molecular flexibility index (Phi) is 4.64. The fourth-order valence-corrected chi connectivity index (χ4v) is 4.18. The molecular weight excluding hydrogens is 379 g/mol. The highest BCUT2D eigenvalue weighted by Crippen LogP contribution is 2.37. The predicted octanol–water partition coefficient (Wildman–Crippen LogP) is 4.73. The molecule has 0 unspecified atom stereocenters. The van der Waals surface area contributed by atoms with Crippen LogP contribution in [0, 0.1) is 6.92 Å². The smallest absolute Gasteiger partial charge is 0.262 e. The summed E-state index contributed by atoms with van der Waals surface area (Å²) in [6, 6.07) is 7.90. The largest absolute Gasteiger partial charge is 0.294 e. The van der Waals surface area contributed by atoms with Crippen molar-refractivity contribution in [3.8, 4) is 11.1 Å². The quantitative estimate of drug-likeness (QED) is 0.640. The van der Waals surface area contributed by atoms with E-state index in [1.807, 2.05) is 24.3 Å². The first-order valence-electron chi connectivity index (χ1n) is 7.41. The van der Waals surface area contributed by atoms with Crippen LogP contribution in [0.25, 0.3) is 21.3 Å². The monoisotopic (exact) mass is 394 g/mol. The number of benzene rings is 1. The van der Waals surface area contributed by atoms with Gasteiger partial charge in [0.2, 0.25) is 0 Å². The lowest BCUT2D eigenvalue weighted by Gasteiger charge is -2.08. The van der Waals surface area contributed by atoms with Gasteiger partial charge in [0.15, 0.2) is 0 Å². The van der Waals surface area contributed by atoms with Gasteiger partial charge in [-0.25, -0.2) is 9.37 Å². The first kappa shape index (κ1) is 16.3. The number of aromatic nitrogens is 2. The summed E-state index contributed by atoms with van der Waals surface area (Å²) in [5.74, 6) is 0.561. The Morgan fingerprint density at radius 3 is 2.61 bits per heavy atom. The number of thiophene rings is 1. The molecule has 0 saturated heterocycles. The van der Waals surface area contributed by atoms with Gasteiger partial charge in [0.25, 0.3) is 5.56 Å². The summed E-state index contributed by atoms with van der Waals surface area (Å²) in [5, 5.41) is 0.605. The molecule has 0 aliphatic carbocycles. The topological polar surface area (TPSA) is 34.9 Å². The number of halogens is 2.